The fourth-order valence-electron chi connectivity index (χ4n) is 1.67. The van der Waals surface area contributed by atoms with Gasteiger partial charge < -0.3 is 10.6 Å². The lowest BCUT2D eigenvalue weighted by Crippen LogP contribution is -2.27. The molecule has 5 heteroatoms. The van der Waals surface area contributed by atoms with Crippen LogP contribution in [0, 0.1) is 12.8 Å². The van der Waals surface area contributed by atoms with Crippen LogP contribution in [-0.2, 0) is 0 Å². The molecular formula is C16H20N4O. The Kier molecular flexibility index (Phi) is 4.87. The van der Waals surface area contributed by atoms with Crippen molar-refractivity contribution in [2.45, 2.75) is 20.8 Å². The van der Waals surface area contributed by atoms with Gasteiger partial charge in [-0.25, -0.2) is 9.97 Å². The number of anilines is 2. The molecule has 2 rings (SSSR count). The molecule has 1 amide bonds. The van der Waals surface area contributed by atoms with E-state index in [0.717, 1.165) is 5.69 Å². The highest BCUT2D eigenvalue weighted by atomic mass is 16.1. The predicted octanol–water partition coefficient (Wildman–Crippen LogP) is 2.91. The van der Waals surface area contributed by atoms with E-state index in [0.29, 0.717) is 24.0 Å². The van der Waals surface area contributed by atoms with E-state index < -0.39 is 0 Å². The van der Waals surface area contributed by atoms with Gasteiger partial charge in [0.15, 0.2) is 0 Å². The molecule has 1 aromatic carbocycles. The number of amides is 1. The van der Waals surface area contributed by atoms with Gasteiger partial charge in [-0.3, -0.25) is 4.79 Å². The second-order valence-electron chi connectivity index (χ2n) is 5.39. The fourth-order valence-corrected chi connectivity index (χ4v) is 1.67. The van der Waals surface area contributed by atoms with Crippen LogP contribution in [0.3, 0.4) is 0 Å². The summed E-state index contributed by atoms with van der Waals surface area (Å²) in [6, 6.07) is 7.94. The van der Waals surface area contributed by atoms with Crippen molar-refractivity contribution in [3.8, 4) is 0 Å². The standard InChI is InChI=1S/C16H20N4O/c1-11(2)8-17-15(21)13-9-18-16(19-10-13)20-14-6-4-12(3)5-7-14/h4-7,9-11H,8H2,1-3H3,(H,17,21)(H,18,19,20). The van der Waals surface area contributed by atoms with E-state index in [1.54, 1.807) is 0 Å². The first-order valence-electron chi connectivity index (χ1n) is 6.98. The van der Waals surface area contributed by atoms with E-state index in [2.05, 4.69) is 20.6 Å². The van der Waals surface area contributed by atoms with Gasteiger partial charge in [-0.05, 0) is 25.0 Å². The molecule has 0 aliphatic rings. The molecule has 0 spiro atoms. The predicted molar refractivity (Wildman–Crippen MR) is 83.7 cm³/mol. The van der Waals surface area contributed by atoms with Crippen LogP contribution in [-0.4, -0.2) is 22.4 Å². The molecule has 0 aliphatic carbocycles. The van der Waals surface area contributed by atoms with Gasteiger partial charge in [-0.2, -0.15) is 0 Å². The monoisotopic (exact) mass is 284 g/mol. The van der Waals surface area contributed by atoms with E-state index in [9.17, 15) is 4.79 Å². The van der Waals surface area contributed by atoms with E-state index in [4.69, 9.17) is 0 Å². The molecule has 1 heterocycles. The SMILES string of the molecule is Cc1ccc(Nc2ncc(C(=O)NCC(C)C)cn2)cc1. The van der Waals surface area contributed by atoms with Crippen molar-refractivity contribution in [1.82, 2.24) is 15.3 Å². The number of hydrogen-bond acceptors (Lipinski definition) is 4. The normalized spacial score (nSPS) is 10.5. The fraction of sp³-hybridized carbons (Fsp3) is 0.312. The number of rotatable bonds is 5. The third-order valence-electron chi connectivity index (χ3n) is 2.89. The Morgan fingerprint density at radius 3 is 2.33 bits per heavy atom. The Balaban J connectivity index is 1.98. The first-order valence-corrected chi connectivity index (χ1v) is 6.98. The maximum absolute atomic E-state index is 11.8. The molecule has 0 saturated heterocycles. The average Bonchev–Trinajstić information content (AvgIpc) is 2.48. The van der Waals surface area contributed by atoms with Crippen LogP contribution in [0.25, 0.3) is 0 Å². The third-order valence-corrected chi connectivity index (χ3v) is 2.89. The van der Waals surface area contributed by atoms with Crippen LogP contribution < -0.4 is 10.6 Å². The number of nitrogens with zero attached hydrogens (tertiary/aromatic N) is 2. The van der Waals surface area contributed by atoms with Gasteiger partial charge in [0, 0.05) is 24.6 Å². The topological polar surface area (TPSA) is 66.9 Å². The lowest BCUT2D eigenvalue weighted by Gasteiger charge is -2.08. The van der Waals surface area contributed by atoms with Gasteiger partial charge in [0.05, 0.1) is 5.56 Å². The zero-order valence-electron chi connectivity index (χ0n) is 12.6. The summed E-state index contributed by atoms with van der Waals surface area (Å²) >= 11 is 0. The quantitative estimate of drug-likeness (QED) is 0.886. The number of carbonyl (C=O) groups is 1. The summed E-state index contributed by atoms with van der Waals surface area (Å²) in [6.07, 6.45) is 3.05. The van der Waals surface area contributed by atoms with E-state index in [1.807, 2.05) is 45.0 Å². The Morgan fingerprint density at radius 2 is 1.76 bits per heavy atom. The van der Waals surface area contributed by atoms with Gasteiger partial charge in [0.2, 0.25) is 5.95 Å². The third kappa shape index (κ3) is 4.56. The molecule has 0 fully saturated rings. The van der Waals surface area contributed by atoms with Crippen molar-refractivity contribution in [2.24, 2.45) is 5.92 Å². The molecule has 0 radical (unpaired) electrons. The lowest BCUT2D eigenvalue weighted by atomic mass is 10.2. The number of aryl methyl sites for hydroxylation is 1. The molecule has 21 heavy (non-hydrogen) atoms. The van der Waals surface area contributed by atoms with E-state index in [1.165, 1.54) is 18.0 Å². The molecule has 5 nitrogen and oxygen atoms in total. The molecule has 2 aromatic rings. The van der Waals surface area contributed by atoms with Crippen molar-refractivity contribution in [3.63, 3.8) is 0 Å². The van der Waals surface area contributed by atoms with Gasteiger partial charge in [0.25, 0.3) is 5.91 Å². The highest BCUT2D eigenvalue weighted by Crippen LogP contribution is 2.13. The van der Waals surface area contributed by atoms with Crippen molar-refractivity contribution >= 4 is 17.5 Å². The minimum Gasteiger partial charge on any atom is -0.352 e. The lowest BCUT2D eigenvalue weighted by molar-refractivity contribution is 0.0948. The van der Waals surface area contributed by atoms with Crippen LogP contribution in [0.4, 0.5) is 11.6 Å². The zero-order valence-corrected chi connectivity index (χ0v) is 12.6. The number of nitrogens with one attached hydrogen (secondary N) is 2. The average molecular weight is 284 g/mol. The summed E-state index contributed by atoms with van der Waals surface area (Å²) in [6.45, 7) is 6.77. The number of hydrogen-bond donors (Lipinski definition) is 2. The Morgan fingerprint density at radius 1 is 1.14 bits per heavy atom. The number of carbonyl (C=O) groups excluding carboxylic acids is 1. The van der Waals surface area contributed by atoms with Crippen molar-refractivity contribution in [1.29, 1.82) is 0 Å². The van der Waals surface area contributed by atoms with Crippen molar-refractivity contribution in [2.75, 3.05) is 11.9 Å². The maximum Gasteiger partial charge on any atom is 0.254 e. The molecule has 0 unspecified atom stereocenters. The molecule has 0 atom stereocenters. The van der Waals surface area contributed by atoms with Crippen molar-refractivity contribution in [3.05, 3.63) is 47.8 Å². The van der Waals surface area contributed by atoms with Crippen LogP contribution in [0.1, 0.15) is 29.8 Å². The summed E-state index contributed by atoms with van der Waals surface area (Å²) < 4.78 is 0. The Labute approximate surface area is 124 Å². The smallest absolute Gasteiger partial charge is 0.254 e. The van der Waals surface area contributed by atoms with E-state index >= 15 is 0 Å². The number of benzene rings is 1. The maximum atomic E-state index is 11.8. The highest BCUT2D eigenvalue weighted by Gasteiger charge is 2.07. The first kappa shape index (κ1) is 15.0. The van der Waals surface area contributed by atoms with Crippen LogP contribution in [0.2, 0.25) is 0 Å². The first-order chi connectivity index (χ1) is 10.0. The molecule has 2 N–H and O–H groups in total. The number of aromatic nitrogens is 2. The van der Waals surface area contributed by atoms with Crippen LogP contribution in [0.15, 0.2) is 36.7 Å². The van der Waals surface area contributed by atoms with Crippen LogP contribution in [0.5, 0.6) is 0 Å². The van der Waals surface area contributed by atoms with Gasteiger partial charge in [0.1, 0.15) is 0 Å². The highest BCUT2D eigenvalue weighted by molar-refractivity contribution is 5.93. The summed E-state index contributed by atoms with van der Waals surface area (Å²) in [7, 11) is 0. The van der Waals surface area contributed by atoms with Gasteiger partial charge >= 0.3 is 0 Å². The van der Waals surface area contributed by atoms with Gasteiger partial charge in [-0.1, -0.05) is 31.5 Å². The second-order valence-corrected chi connectivity index (χ2v) is 5.39. The Hall–Kier alpha value is -2.43. The molecule has 0 aliphatic heterocycles. The minimum atomic E-state index is -0.148. The molecular weight excluding hydrogens is 264 g/mol. The zero-order chi connectivity index (χ0) is 15.2. The van der Waals surface area contributed by atoms with Crippen molar-refractivity contribution < 1.29 is 4.79 Å². The summed E-state index contributed by atoms with van der Waals surface area (Å²) in [5, 5.41) is 5.93. The van der Waals surface area contributed by atoms with E-state index in [-0.39, 0.29) is 5.91 Å². The van der Waals surface area contributed by atoms with Gasteiger partial charge in [-0.15, -0.1) is 0 Å². The summed E-state index contributed by atoms with van der Waals surface area (Å²) in [4.78, 5) is 20.2. The molecule has 0 saturated carbocycles. The largest absolute Gasteiger partial charge is 0.352 e. The Bertz CT molecular complexity index is 591. The van der Waals surface area contributed by atoms with Crippen LogP contribution >= 0.6 is 0 Å². The molecule has 110 valence electrons. The summed E-state index contributed by atoms with van der Waals surface area (Å²) in [5.74, 6) is 0.738. The molecule has 1 aromatic heterocycles. The summed E-state index contributed by atoms with van der Waals surface area (Å²) in [5.41, 5.74) is 2.57. The molecule has 0 bridgehead atoms. The minimum absolute atomic E-state index is 0.148. The second kappa shape index (κ2) is 6.83.